The van der Waals surface area contributed by atoms with Gasteiger partial charge >= 0.3 is 6.03 Å². The van der Waals surface area contributed by atoms with E-state index < -0.39 is 6.10 Å². The van der Waals surface area contributed by atoms with E-state index >= 15 is 0 Å². The van der Waals surface area contributed by atoms with Crippen molar-refractivity contribution >= 4 is 23.3 Å². The van der Waals surface area contributed by atoms with Crippen LogP contribution in [0.3, 0.4) is 0 Å². The van der Waals surface area contributed by atoms with E-state index in [2.05, 4.69) is 5.32 Å². The van der Waals surface area contributed by atoms with Gasteiger partial charge < -0.3 is 20.1 Å². The number of halogens is 1. The molecule has 20 heavy (non-hydrogen) atoms. The normalized spacial score (nSPS) is 18.8. The van der Waals surface area contributed by atoms with Crippen molar-refractivity contribution in [3.05, 3.63) is 23.2 Å². The Labute approximate surface area is 123 Å². The highest BCUT2D eigenvalue weighted by Gasteiger charge is 2.22. The summed E-state index contributed by atoms with van der Waals surface area (Å²) in [6.45, 7) is 3.38. The van der Waals surface area contributed by atoms with E-state index in [0.29, 0.717) is 36.2 Å². The maximum absolute atomic E-state index is 12.2. The number of anilines is 1. The molecule has 1 aromatic carbocycles. The SMILES string of the molecule is CCOc1cc(Cl)ccc1NC(=O)N1CCCC(O)C1. The average Bonchev–Trinajstić information content (AvgIpc) is 2.42. The number of amides is 2. The number of rotatable bonds is 3. The summed E-state index contributed by atoms with van der Waals surface area (Å²) in [6, 6.07) is 4.86. The first-order valence-electron chi connectivity index (χ1n) is 6.76. The van der Waals surface area contributed by atoms with Gasteiger partial charge in [0.15, 0.2) is 0 Å². The molecular weight excluding hydrogens is 280 g/mol. The number of aliphatic hydroxyl groups excluding tert-OH is 1. The molecule has 2 amide bonds. The molecule has 2 N–H and O–H groups in total. The first-order chi connectivity index (χ1) is 9.60. The second-order valence-corrected chi connectivity index (χ2v) is 5.18. The van der Waals surface area contributed by atoms with Gasteiger partial charge in [0.1, 0.15) is 5.75 Å². The molecule has 1 atom stereocenters. The van der Waals surface area contributed by atoms with Crippen molar-refractivity contribution in [3.63, 3.8) is 0 Å². The molecular formula is C14H19ClN2O3. The fourth-order valence-corrected chi connectivity index (χ4v) is 2.37. The summed E-state index contributed by atoms with van der Waals surface area (Å²) in [6.07, 6.45) is 1.12. The predicted octanol–water partition coefficient (Wildman–Crippen LogP) is 2.73. The van der Waals surface area contributed by atoms with Gasteiger partial charge in [0.2, 0.25) is 0 Å². The molecule has 1 saturated heterocycles. The highest BCUT2D eigenvalue weighted by Crippen LogP contribution is 2.28. The van der Waals surface area contributed by atoms with E-state index in [-0.39, 0.29) is 6.03 Å². The van der Waals surface area contributed by atoms with Gasteiger partial charge in [0, 0.05) is 24.2 Å². The molecule has 1 aliphatic rings. The van der Waals surface area contributed by atoms with Gasteiger partial charge in [-0.25, -0.2) is 4.79 Å². The van der Waals surface area contributed by atoms with E-state index in [4.69, 9.17) is 16.3 Å². The van der Waals surface area contributed by atoms with Crippen LogP contribution in [0.25, 0.3) is 0 Å². The van der Waals surface area contributed by atoms with E-state index in [1.54, 1.807) is 23.1 Å². The number of likely N-dealkylation sites (tertiary alicyclic amines) is 1. The van der Waals surface area contributed by atoms with E-state index in [0.717, 1.165) is 12.8 Å². The van der Waals surface area contributed by atoms with Crippen molar-refractivity contribution in [3.8, 4) is 5.75 Å². The minimum atomic E-state index is -0.439. The summed E-state index contributed by atoms with van der Waals surface area (Å²) >= 11 is 5.92. The van der Waals surface area contributed by atoms with Gasteiger partial charge in [-0.2, -0.15) is 0 Å². The number of carbonyl (C=O) groups excluding carboxylic acids is 1. The smallest absolute Gasteiger partial charge is 0.322 e. The fraction of sp³-hybridized carbons (Fsp3) is 0.500. The number of hydrogen-bond donors (Lipinski definition) is 2. The number of ether oxygens (including phenoxy) is 1. The van der Waals surface area contributed by atoms with Crippen LogP contribution in [0.2, 0.25) is 5.02 Å². The molecule has 2 rings (SSSR count). The Balaban J connectivity index is 2.06. The number of β-amino-alcohol motifs (C(OH)–C–C–N with tert-alkyl or cyclic N) is 1. The van der Waals surface area contributed by atoms with Crippen LogP contribution in [0.1, 0.15) is 19.8 Å². The third-order valence-corrected chi connectivity index (χ3v) is 3.40. The highest BCUT2D eigenvalue weighted by atomic mass is 35.5. The Morgan fingerprint density at radius 1 is 1.60 bits per heavy atom. The van der Waals surface area contributed by atoms with Crippen LogP contribution in [0.15, 0.2) is 18.2 Å². The minimum Gasteiger partial charge on any atom is -0.492 e. The number of carbonyl (C=O) groups is 1. The molecule has 0 aromatic heterocycles. The Morgan fingerprint density at radius 2 is 2.40 bits per heavy atom. The van der Waals surface area contributed by atoms with Gasteiger partial charge in [0.05, 0.1) is 18.4 Å². The van der Waals surface area contributed by atoms with Crippen LogP contribution in [-0.4, -0.2) is 41.8 Å². The first kappa shape index (κ1) is 14.9. The minimum absolute atomic E-state index is 0.230. The highest BCUT2D eigenvalue weighted by molar-refractivity contribution is 6.30. The van der Waals surface area contributed by atoms with Crippen LogP contribution >= 0.6 is 11.6 Å². The Hall–Kier alpha value is -1.46. The largest absolute Gasteiger partial charge is 0.492 e. The molecule has 1 fully saturated rings. The maximum atomic E-state index is 12.2. The lowest BCUT2D eigenvalue weighted by Crippen LogP contribution is -2.44. The predicted molar refractivity (Wildman–Crippen MR) is 78.5 cm³/mol. The van der Waals surface area contributed by atoms with Crippen LogP contribution in [0, 0.1) is 0 Å². The van der Waals surface area contributed by atoms with Crippen LogP contribution in [0.4, 0.5) is 10.5 Å². The van der Waals surface area contributed by atoms with Crippen LogP contribution < -0.4 is 10.1 Å². The number of urea groups is 1. The lowest BCUT2D eigenvalue weighted by atomic mass is 10.1. The lowest BCUT2D eigenvalue weighted by molar-refractivity contribution is 0.0883. The standard InChI is InChI=1S/C14H19ClN2O3/c1-2-20-13-8-10(15)5-6-12(13)16-14(19)17-7-3-4-11(18)9-17/h5-6,8,11,18H,2-4,7,9H2,1H3,(H,16,19). The second kappa shape index (κ2) is 6.81. The van der Waals surface area contributed by atoms with Crippen molar-refractivity contribution in [1.82, 2.24) is 4.90 Å². The third-order valence-electron chi connectivity index (χ3n) is 3.17. The Bertz CT molecular complexity index is 481. The van der Waals surface area contributed by atoms with Gasteiger partial charge in [-0.15, -0.1) is 0 Å². The zero-order chi connectivity index (χ0) is 14.5. The van der Waals surface area contributed by atoms with Crippen LogP contribution in [0.5, 0.6) is 5.75 Å². The molecule has 5 nitrogen and oxygen atoms in total. The van der Waals surface area contributed by atoms with Crippen molar-refractivity contribution in [1.29, 1.82) is 0 Å². The van der Waals surface area contributed by atoms with Gasteiger partial charge in [-0.1, -0.05) is 11.6 Å². The molecule has 0 spiro atoms. The van der Waals surface area contributed by atoms with Crippen LogP contribution in [-0.2, 0) is 0 Å². The van der Waals surface area contributed by atoms with Crippen molar-refractivity contribution in [2.75, 3.05) is 25.0 Å². The van der Waals surface area contributed by atoms with Crippen molar-refractivity contribution < 1.29 is 14.6 Å². The molecule has 6 heteroatoms. The van der Waals surface area contributed by atoms with Gasteiger partial charge in [-0.3, -0.25) is 0 Å². The molecule has 0 saturated carbocycles. The number of nitrogens with one attached hydrogen (secondary N) is 1. The molecule has 0 radical (unpaired) electrons. The van der Waals surface area contributed by atoms with Gasteiger partial charge in [-0.05, 0) is 31.9 Å². The van der Waals surface area contributed by atoms with Crippen molar-refractivity contribution in [2.24, 2.45) is 0 Å². The first-order valence-corrected chi connectivity index (χ1v) is 7.14. The second-order valence-electron chi connectivity index (χ2n) is 4.75. The zero-order valence-electron chi connectivity index (χ0n) is 11.4. The number of piperidine rings is 1. The van der Waals surface area contributed by atoms with Gasteiger partial charge in [0.25, 0.3) is 0 Å². The number of aliphatic hydroxyl groups is 1. The topological polar surface area (TPSA) is 61.8 Å². The summed E-state index contributed by atoms with van der Waals surface area (Å²) < 4.78 is 5.46. The maximum Gasteiger partial charge on any atom is 0.322 e. The van der Waals surface area contributed by atoms with Crippen molar-refractivity contribution in [2.45, 2.75) is 25.9 Å². The monoisotopic (exact) mass is 298 g/mol. The molecule has 1 aromatic rings. The summed E-state index contributed by atoms with van der Waals surface area (Å²) in [7, 11) is 0. The zero-order valence-corrected chi connectivity index (χ0v) is 12.2. The van der Waals surface area contributed by atoms with E-state index in [9.17, 15) is 9.90 Å². The Kier molecular flexibility index (Phi) is 5.09. The molecule has 1 unspecified atom stereocenters. The third kappa shape index (κ3) is 3.77. The average molecular weight is 299 g/mol. The number of nitrogens with zero attached hydrogens (tertiary/aromatic N) is 1. The fourth-order valence-electron chi connectivity index (χ4n) is 2.21. The number of benzene rings is 1. The molecule has 1 aliphatic heterocycles. The molecule has 0 aliphatic carbocycles. The van der Waals surface area contributed by atoms with E-state index in [1.165, 1.54) is 0 Å². The summed E-state index contributed by atoms with van der Waals surface area (Å²) in [5, 5.41) is 13.0. The Morgan fingerprint density at radius 3 is 3.10 bits per heavy atom. The molecule has 0 bridgehead atoms. The number of hydrogen-bond acceptors (Lipinski definition) is 3. The molecule has 110 valence electrons. The van der Waals surface area contributed by atoms with E-state index in [1.807, 2.05) is 6.92 Å². The molecule has 1 heterocycles. The summed E-state index contributed by atoms with van der Waals surface area (Å²) in [5.41, 5.74) is 0.585. The summed E-state index contributed by atoms with van der Waals surface area (Å²) in [5.74, 6) is 0.547. The summed E-state index contributed by atoms with van der Waals surface area (Å²) in [4.78, 5) is 13.8. The lowest BCUT2D eigenvalue weighted by Gasteiger charge is -2.30. The quantitative estimate of drug-likeness (QED) is 0.902.